The van der Waals surface area contributed by atoms with Crippen LogP contribution in [0.3, 0.4) is 0 Å². The number of aliphatic hydroxyl groups is 1. The largest absolute Gasteiger partial charge is 0.510 e. The standard InChI is InChI=1S/C20H24O10/c1-5-27-17(23)11-9-10(13(15(11)21)19(25)29-7-3)14(20(26)30-8-4)16(22)12(9)18(24)28-6-2/h9,11,14,22H,5-8H2,1-4H3/t9-,11-,14+/m1/s1. The number of Topliss-reactive ketones (excluding diaryl/α,β-unsaturated/α-hetero) is 1. The number of carbonyl (C=O) groups excluding carboxylic acids is 5. The zero-order valence-electron chi connectivity index (χ0n) is 17.2. The summed E-state index contributed by atoms with van der Waals surface area (Å²) in [6.45, 7) is 5.83. The Labute approximate surface area is 172 Å². The predicted molar refractivity (Wildman–Crippen MR) is 98.7 cm³/mol. The number of rotatable bonds is 8. The number of carbonyl (C=O) groups is 5. The van der Waals surface area contributed by atoms with Crippen LogP contribution in [0.15, 0.2) is 22.5 Å². The molecule has 10 heteroatoms. The van der Waals surface area contributed by atoms with E-state index in [0.717, 1.165) is 0 Å². The number of ether oxygens (including phenoxy) is 4. The second kappa shape index (κ2) is 9.55. The molecular weight excluding hydrogens is 400 g/mol. The van der Waals surface area contributed by atoms with E-state index in [2.05, 4.69) is 0 Å². The van der Waals surface area contributed by atoms with Crippen LogP contribution < -0.4 is 0 Å². The Morgan fingerprint density at radius 2 is 1.30 bits per heavy atom. The maximum atomic E-state index is 13.0. The van der Waals surface area contributed by atoms with E-state index in [1.54, 1.807) is 0 Å². The predicted octanol–water partition coefficient (Wildman–Crippen LogP) is 0.792. The van der Waals surface area contributed by atoms with E-state index in [1.807, 2.05) is 0 Å². The maximum Gasteiger partial charge on any atom is 0.341 e. The highest BCUT2D eigenvalue weighted by Gasteiger charge is 2.61. The fourth-order valence-electron chi connectivity index (χ4n) is 3.69. The Hall–Kier alpha value is -3.17. The van der Waals surface area contributed by atoms with Gasteiger partial charge in [0.15, 0.2) is 5.78 Å². The third-order valence-corrected chi connectivity index (χ3v) is 4.70. The number of esters is 4. The SMILES string of the molecule is CCOC(=O)C1=C2[C@H](C(=O)OCC)C(O)=C(C(=O)OCC)[C@H]2[C@@H](C(=O)OCC)C1=O. The van der Waals surface area contributed by atoms with E-state index >= 15 is 0 Å². The van der Waals surface area contributed by atoms with Crippen molar-refractivity contribution in [3.05, 3.63) is 22.5 Å². The summed E-state index contributed by atoms with van der Waals surface area (Å²) >= 11 is 0. The topological polar surface area (TPSA) is 143 Å². The van der Waals surface area contributed by atoms with E-state index in [1.165, 1.54) is 27.7 Å². The van der Waals surface area contributed by atoms with Crippen LogP contribution in [-0.2, 0) is 42.9 Å². The monoisotopic (exact) mass is 424 g/mol. The molecule has 0 radical (unpaired) electrons. The summed E-state index contributed by atoms with van der Waals surface area (Å²) in [6.07, 6.45) is 0. The second-order valence-corrected chi connectivity index (χ2v) is 6.33. The number of ketones is 1. The third kappa shape index (κ3) is 3.81. The van der Waals surface area contributed by atoms with Gasteiger partial charge in [-0.2, -0.15) is 0 Å². The Bertz CT molecular complexity index is 835. The van der Waals surface area contributed by atoms with Crippen molar-refractivity contribution in [2.45, 2.75) is 27.7 Å². The third-order valence-electron chi connectivity index (χ3n) is 4.70. The highest BCUT2D eigenvalue weighted by molar-refractivity contribution is 6.27. The molecule has 164 valence electrons. The summed E-state index contributed by atoms with van der Waals surface area (Å²) in [7, 11) is 0. The lowest BCUT2D eigenvalue weighted by atomic mass is 9.86. The summed E-state index contributed by atoms with van der Waals surface area (Å²) < 4.78 is 19.8. The molecule has 0 amide bonds. The molecule has 2 rings (SSSR count). The van der Waals surface area contributed by atoms with Crippen LogP contribution in [0.4, 0.5) is 0 Å². The molecule has 3 atom stereocenters. The molecule has 0 aliphatic heterocycles. The minimum absolute atomic E-state index is 0.0563. The minimum atomic E-state index is -1.64. The van der Waals surface area contributed by atoms with Gasteiger partial charge in [0.05, 0.1) is 32.0 Å². The van der Waals surface area contributed by atoms with E-state index in [4.69, 9.17) is 18.9 Å². The van der Waals surface area contributed by atoms with Crippen molar-refractivity contribution in [2.75, 3.05) is 26.4 Å². The van der Waals surface area contributed by atoms with Crippen molar-refractivity contribution < 1.29 is 48.0 Å². The second-order valence-electron chi connectivity index (χ2n) is 6.33. The Balaban J connectivity index is 2.75. The van der Waals surface area contributed by atoms with Gasteiger partial charge in [-0.05, 0) is 33.3 Å². The first-order valence-corrected chi connectivity index (χ1v) is 9.65. The summed E-state index contributed by atoms with van der Waals surface area (Å²) in [5.41, 5.74) is -1.23. The molecule has 0 bridgehead atoms. The lowest BCUT2D eigenvalue weighted by Crippen LogP contribution is -2.32. The van der Waals surface area contributed by atoms with Crippen LogP contribution in [0.25, 0.3) is 0 Å². The summed E-state index contributed by atoms with van der Waals surface area (Å²) in [5.74, 6) is -10.4. The highest BCUT2D eigenvalue weighted by Crippen LogP contribution is 2.52. The Morgan fingerprint density at radius 3 is 1.83 bits per heavy atom. The zero-order chi connectivity index (χ0) is 22.6. The van der Waals surface area contributed by atoms with Crippen LogP contribution in [0, 0.1) is 17.8 Å². The first kappa shape index (κ1) is 23.1. The molecule has 0 aromatic heterocycles. The molecule has 0 saturated carbocycles. The van der Waals surface area contributed by atoms with Crippen LogP contribution in [0.5, 0.6) is 0 Å². The minimum Gasteiger partial charge on any atom is -0.510 e. The number of aliphatic hydroxyl groups excluding tert-OH is 1. The van der Waals surface area contributed by atoms with Gasteiger partial charge >= 0.3 is 23.9 Å². The van der Waals surface area contributed by atoms with Crippen LogP contribution >= 0.6 is 0 Å². The van der Waals surface area contributed by atoms with E-state index in [0.29, 0.717) is 0 Å². The molecule has 0 aromatic rings. The summed E-state index contributed by atoms with van der Waals surface area (Å²) in [4.78, 5) is 63.3. The normalized spacial score (nSPS) is 22.7. The van der Waals surface area contributed by atoms with Crippen molar-refractivity contribution >= 4 is 29.7 Å². The summed E-state index contributed by atoms with van der Waals surface area (Å²) in [5, 5.41) is 10.7. The number of fused-ring (bicyclic) bond motifs is 1. The zero-order valence-corrected chi connectivity index (χ0v) is 17.2. The molecule has 0 fully saturated rings. The molecule has 0 saturated heterocycles. The van der Waals surface area contributed by atoms with Gasteiger partial charge in [-0.1, -0.05) is 0 Å². The van der Waals surface area contributed by atoms with Crippen molar-refractivity contribution in [3.63, 3.8) is 0 Å². The van der Waals surface area contributed by atoms with Gasteiger partial charge in [-0.25, -0.2) is 9.59 Å². The Morgan fingerprint density at radius 1 is 0.800 bits per heavy atom. The molecule has 0 heterocycles. The molecule has 10 nitrogen and oxygen atoms in total. The quantitative estimate of drug-likeness (QED) is 0.257. The maximum absolute atomic E-state index is 13.0. The van der Waals surface area contributed by atoms with Crippen LogP contribution in [-0.4, -0.2) is 61.2 Å². The average Bonchev–Trinajstić information content (AvgIpc) is 3.11. The van der Waals surface area contributed by atoms with Gasteiger partial charge in [0.2, 0.25) is 0 Å². The van der Waals surface area contributed by atoms with Gasteiger partial charge in [0.1, 0.15) is 23.2 Å². The molecule has 0 aromatic carbocycles. The van der Waals surface area contributed by atoms with Crippen molar-refractivity contribution in [1.82, 2.24) is 0 Å². The van der Waals surface area contributed by atoms with Crippen LogP contribution in [0.2, 0.25) is 0 Å². The number of hydrogen-bond acceptors (Lipinski definition) is 10. The molecule has 30 heavy (non-hydrogen) atoms. The molecule has 2 aliphatic carbocycles. The van der Waals surface area contributed by atoms with E-state index in [-0.39, 0.29) is 32.0 Å². The molecule has 0 unspecified atom stereocenters. The lowest BCUT2D eigenvalue weighted by molar-refractivity contribution is -0.152. The molecular formula is C20H24O10. The van der Waals surface area contributed by atoms with Crippen molar-refractivity contribution in [3.8, 4) is 0 Å². The summed E-state index contributed by atoms with van der Waals surface area (Å²) in [6, 6.07) is 0. The van der Waals surface area contributed by atoms with Gasteiger partial charge in [-0.3, -0.25) is 14.4 Å². The smallest absolute Gasteiger partial charge is 0.341 e. The average molecular weight is 424 g/mol. The van der Waals surface area contributed by atoms with E-state index in [9.17, 15) is 29.1 Å². The van der Waals surface area contributed by atoms with Gasteiger partial charge in [-0.15, -0.1) is 0 Å². The first-order chi connectivity index (χ1) is 14.3. The highest BCUT2D eigenvalue weighted by atomic mass is 16.5. The van der Waals surface area contributed by atoms with E-state index < -0.39 is 64.3 Å². The fourth-order valence-corrected chi connectivity index (χ4v) is 3.69. The van der Waals surface area contributed by atoms with Gasteiger partial charge < -0.3 is 24.1 Å². The van der Waals surface area contributed by atoms with Crippen molar-refractivity contribution in [1.29, 1.82) is 0 Å². The lowest BCUT2D eigenvalue weighted by Gasteiger charge is -2.18. The number of hydrogen-bond donors (Lipinski definition) is 1. The molecule has 2 aliphatic rings. The molecule has 1 N–H and O–H groups in total. The Kier molecular flexibility index (Phi) is 7.36. The first-order valence-electron chi connectivity index (χ1n) is 9.65. The molecule has 0 spiro atoms. The van der Waals surface area contributed by atoms with Crippen LogP contribution in [0.1, 0.15) is 27.7 Å². The van der Waals surface area contributed by atoms with Gasteiger partial charge in [0, 0.05) is 5.92 Å². The van der Waals surface area contributed by atoms with Gasteiger partial charge in [0.25, 0.3) is 0 Å². The fraction of sp³-hybridized carbons (Fsp3) is 0.550. The van der Waals surface area contributed by atoms with Crippen molar-refractivity contribution in [2.24, 2.45) is 17.8 Å².